The van der Waals surface area contributed by atoms with Gasteiger partial charge in [-0.25, -0.2) is 0 Å². The van der Waals surface area contributed by atoms with E-state index in [1.165, 1.54) is 0 Å². The SMILES string of the molecule is CCOc1ccc(NC(=O)c2c(C)c3cc(OCC)ccc3n2CC)cc1. The number of fused-ring (bicyclic) bond motifs is 1. The summed E-state index contributed by atoms with van der Waals surface area (Å²) in [7, 11) is 0. The number of benzene rings is 2. The number of nitrogens with zero attached hydrogens (tertiary/aromatic N) is 1. The van der Waals surface area contributed by atoms with Crippen LogP contribution >= 0.6 is 0 Å². The molecule has 0 saturated heterocycles. The first-order valence-electron chi connectivity index (χ1n) is 9.38. The molecular formula is C22H26N2O3. The van der Waals surface area contributed by atoms with E-state index in [2.05, 4.69) is 5.32 Å². The van der Waals surface area contributed by atoms with Gasteiger partial charge in [-0.3, -0.25) is 4.79 Å². The molecule has 0 aliphatic carbocycles. The molecule has 0 saturated carbocycles. The monoisotopic (exact) mass is 366 g/mol. The zero-order valence-corrected chi connectivity index (χ0v) is 16.3. The molecule has 27 heavy (non-hydrogen) atoms. The Hall–Kier alpha value is -2.95. The minimum atomic E-state index is -0.118. The molecule has 3 aromatic rings. The van der Waals surface area contributed by atoms with Gasteiger partial charge in [0, 0.05) is 23.1 Å². The van der Waals surface area contributed by atoms with Gasteiger partial charge in [-0.15, -0.1) is 0 Å². The maximum Gasteiger partial charge on any atom is 0.272 e. The molecule has 1 aromatic heterocycles. The number of hydrogen-bond acceptors (Lipinski definition) is 3. The van der Waals surface area contributed by atoms with Gasteiger partial charge in [-0.05, 0) is 75.7 Å². The van der Waals surface area contributed by atoms with Crippen molar-refractivity contribution in [3.05, 3.63) is 53.7 Å². The molecule has 2 aromatic carbocycles. The number of rotatable bonds is 7. The largest absolute Gasteiger partial charge is 0.494 e. The number of aromatic nitrogens is 1. The predicted molar refractivity (Wildman–Crippen MR) is 109 cm³/mol. The van der Waals surface area contributed by atoms with Crippen molar-refractivity contribution < 1.29 is 14.3 Å². The van der Waals surface area contributed by atoms with Gasteiger partial charge in [0.25, 0.3) is 5.91 Å². The second-order valence-electron chi connectivity index (χ2n) is 6.24. The van der Waals surface area contributed by atoms with E-state index in [0.29, 0.717) is 25.5 Å². The maximum absolute atomic E-state index is 13.0. The third-order valence-corrected chi connectivity index (χ3v) is 4.55. The van der Waals surface area contributed by atoms with E-state index < -0.39 is 0 Å². The third kappa shape index (κ3) is 3.77. The normalized spacial score (nSPS) is 10.8. The second kappa shape index (κ2) is 8.16. The molecule has 1 heterocycles. The van der Waals surface area contributed by atoms with Crippen LogP contribution in [0.3, 0.4) is 0 Å². The Morgan fingerprint density at radius 1 is 0.963 bits per heavy atom. The number of hydrogen-bond donors (Lipinski definition) is 1. The molecule has 0 atom stereocenters. The number of amides is 1. The molecule has 0 radical (unpaired) electrons. The number of ether oxygens (including phenoxy) is 2. The van der Waals surface area contributed by atoms with Gasteiger partial charge in [0.15, 0.2) is 0 Å². The van der Waals surface area contributed by atoms with E-state index in [-0.39, 0.29) is 5.91 Å². The van der Waals surface area contributed by atoms with Crippen LogP contribution in [0, 0.1) is 6.92 Å². The molecule has 1 amide bonds. The van der Waals surface area contributed by atoms with E-state index in [1.807, 2.05) is 74.7 Å². The number of carbonyl (C=O) groups is 1. The van der Waals surface area contributed by atoms with Crippen LogP contribution in [0.2, 0.25) is 0 Å². The Labute approximate surface area is 159 Å². The Kier molecular flexibility index (Phi) is 5.69. The molecular weight excluding hydrogens is 340 g/mol. The minimum Gasteiger partial charge on any atom is -0.494 e. The maximum atomic E-state index is 13.0. The molecule has 1 N–H and O–H groups in total. The van der Waals surface area contributed by atoms with Crippen LogP contribution in [-0.4, -0.2) is 23.7 Å². The number of anilines is 1. The van der Waals surface area contributed by atoms with Gasteiger partial charge in [-0.2, -0.15) is 0 Å². The van der Waals surface area contributed by atoms with E-state index in [1.54, 1.807) is 0 Å². The van der Waals surface area contributed by atoms with Crippen molar-refractivity contribution in [3.63, 3.8) is 0 Å². The minimum absolute atomic E-state index is 0.118. The second-order valence-corrected chi connectivity index (χ2v) is 6.24. The lowest BCUT2D eigenvalue weighted by Crippen LogP contribution is -2.17. The van der Waals surface area contributed by atoms with Crippen molar-refractivity contribution in [2.24, 2.45) is 0 Å². The zero-order chi connectivity index (χ0) is 19.4. The van der Waals surface area contributed by atoms with Crippen LogP contribution in [-0.2, 0) is 6.54 Å². The highest BCUT2D eigenvalue weighted by molar-refractivity contribution is 6.08. The van der Waals surface area contributed by atoms with E-state index in [0.717, 1.165) is 33.7 Å². The molecule has 0 spiro atoms. The van der Waals surface area contributed by atoms with Gasteiger partial charge in [0.2, 0.25) is 0 Å². The van der Waals surface area contributed by atoms with Crippen molar-refractivity contribution in [2.75, 3.05) is 18.5 Å². The summed E-state index contributed by atoms with van der Waals surface area (Å²) in [6.45, 7) is 9.88. The summed E-state index contributed by atoms with van der Waals surface area (Å²) >= 11 is 0. The first kappa shape index (κ1) is 18.8. The lowest BCUT2D eigenvalue weighted by molar-refractivity contribution is 0.101. The number of carbonyl (C=O) groups excluding carboxylic acids is 1. The number of nitrogens with one attached hydrogen (secondary N) is 1. The van der Waals surface area contributed by atoms with Crippen molar-refractivity contribution in [2.45, 2.75) is 34.2 Å². The first-order chi connectivity index (χ1) is 13.1. The van der Waals surface area contributed by atoms with E-state index in [4.69, 9.17) is 9.47 Å². The van der Waals surface area contributed by atoms with E-state index >= 15 is 0 Å². The fraction of sp³-hybridized carbons (Fsp3) is 0.318. The summed E-state index contributed by atoms with van der Waals surface area (Å²) in [6, 6.07) is 13.4. The van der Waals surface area contributed by atoms with E-state index in [9.17, 15) is 4.79 Å². The van der Waals surface area contributed by atoms with Gasteiger partial charge < -0.3 is 19.4 Å². The summed E-state index contributed by atoms with van der Waals surface area (Å²) in [4.78, 5) is 13.0. The summed E-state index contributed by atoms with van der Waals surface area (Å²) in [5.74, 6) is 1.49. The molecule has 0 bridgehead atoms. The van der Waals surface area contributed by atoms with Crippen LogP contribution < -0.4 is 14.8 Å². The smallest absolute Gasteiger partial charge is 0.272 e. The van der Waals surface area contributed by atoms with Crippen molar-refractivity contribution in [1.29, 1.82) is 0 Å². The van der Waals surface area contributed by atoms with Crippen LogP contribution in [0.1, 0.15) is 36.8 Å². The Morgan fingerprint density at radius 3 is 2.22 bits per heavy atom. The van der Waals surface area contributed by atoms with Gasteiger partial charge in [0.05, 0.1) is 13.2 Å². The average Bonchev–Trinajstić information content (AvgIpc) is 2.95. The summed E-state index contributed by atoms with van der Waals surface area (Å²) in [5.41, 5.74) is 3.41. The molecule has 0 aliphatic rings. The first-order valence-corrected chi connectivity index (χ1v) is 9.38. The average molecular weight is 366 g/mol. The van der Waals surface area contributed by atoms with Crippen LogP contribution in [0.4, 0.5) is 5.69 Å². The Bertz CT molecular complexity index is 942. The molecule has 0 aliphatic heterocycles. The topological polar surface area (TPSA) is 52.5 Å². The van der Waals surface area contributed by atoms with Crippen molar-refractivity contribution in [3.8, 4) is 11.5 Å². The lowest BCUT2D eigenvalue weighted by Gasteiger charge is -2.10. The lowest BCUT2D eigenvalue weighted by atomic mass is 10.1. The summed E-state index contributed by atoms with van der Waals surface area (Å²) in [6.07, 6.45) is 0. The third-order valence-electron chi connectivity index (χ3n) is 4.55. The summed E-state index contributed by atoms with van der Waals surface area (Å²) in [5, 5.41) is 4.04. The van der Waals surface area contributed by atoms with Gasteiger partial charge in [-0.1, -0.05) is 0 Å². The quantitative estimate of drug-likeness (QED) is 0.639. The summed E-state index contributed by atoms with van der Waals surface area (Å²) < 4.78 is 13.1. The van der Waals surface area contributed by atoms with Crippen molar-refractivity contribution in [1.82, 2.24) is 4.57 Å². The number of aryl methyl sites for hydroxylation is 2. The fourth-order valence-corrected chi connectivity index (χ4v) is 3.37. The van der Waals surface area contributed by atoms with Crippen LogP contribution in [0.25, 0.3) is 10.9 Å². The molecule has 0 fully saturated rings. The van der Waals surface area contributed by atoms with Crippen molar-refractivity contribution >= 4 is 22.5 Å². The molecule has 5 nitrogen and oxygen atoms in total. The zero-order valence-electron chi connectivity index (χ0n) is 16.3. The Balaban J connectivity index is 1.94. The molecule has 3 rings (SSSR count). The highest BCUT2D eigenvalue weighted by Gasteiger charge is 2.20. The van der Waals surface area contributed by atoms with Crippen LogP contribution in [0.5, 0.6) is 11.5 Å². The predicted octanol–water partition coefficient (Wildman–Crippen LogP) is 5.02. The standard InChI is InChI=1S/C22H26N2O3/c1-5-24-20-13-12-18(27-7-3)14-19(20)15(4)21(24)22(25)23-16-8-10-17(11-9-16)26-6-2/h8-14H,5-7H2,1-4H3,(H,23,25). The fourth-order valence-electron chi connectivity index (χ4n) is 3.37. The molecule has 5 heteroatoms. The highest BCUT2D eigenvalue weighted by Crippen LogP contribution is 2.30. The highest BCUT2D eigenvalue weighted by atomic mass is 16.5. The van der Waals surface area contributed by atoms with Gasteiger partial charge >= 0.3 is 0 Å². The van der Waals surface area contributed by atoms with Gasteiger partial charge in [0.1, 0.15) is 17.2 Å². The molecule has 0 unspecified atom stereocenters. The molecule has 142 valence electrons. The Morgan fingerprint density at radius 2 is 1.59 bits per heavy atom. The van der Waals surface area contributed by atoms with Crippen LogP contribution in [0.15, 0.2) is 42.5 Å².